The molecule has 1 atom stereocenters. The number of ether oxygens (including phenoxy) is 1. The minimum absolute atomic E-state index is 0.485. The Balaban J connectivity index is 3.12. The number of para-hydroxylation sites is 1. The van der Waals surface area contributed by atoms with E-state index in [2.05, 4.69) is 5.32 Å². The fourth-order valence-corrected chi connectivity index (χ4v) is 1.75. The molecule has 4 heteroatoms. The first-order valence-corrected chi connectivity index (χ1v) is 5.73. The van der Waals surface area contributed by atoms with E-state index in [-0.39, 0.29) is 0 Å². The maximum absolute atomic E-state index is 13.3. The summed E-state index contributed by atoms with van der Waals surface area (Å²) in [4.78, 5) is 0. The molecular formula is C13H19F2NO. The van der Waals surface area contributed by atoms with Crippen molar-refractivity contribution in [1.29, 1.82) is 0 Å². The van der Waals surface area contributed by atoms with E-state index in [1.165, 1.54) is 14.0 Å². The van der Waals surface area contributed by atoms with Crippen molar-refractivity contribution in [3.8, 4) is 5.75 Å². The Hall–Kier alpha value is -1.16. The van der Waals surface area contributed by atoms with E-state index >= 15 is 0 Å². The molecule has 1 N–H and O–H groups in total. The van der Waals surface area contributed by atoms with Crippen molar-refractivity contribution in [3.63, 3.8) is 0 Å². The van der Waals surface area contributed by atoms with Gasteiger partial charge in [0, 0.05) is 5.56 Å². The van der Waals surface area contributed by atoms with Gasteiger partial charge in [-0.3, -0.25) is 0 Å². The third-order valence-corrected chi connectivity index (χ3v) is 2.85. The Labute approximate surface area is 101 Å². The lowest BCUT2D eigenvalue weighted by Crippen LogP contribution is -2.46. The second-order valence-corrected chi connectivity index (χ2v) is 4.13. The summed E-state index contributed by atoms with van der Waals surface area (Å²) >= 11 is 0. The summed E-state index contributed by atoms with van der Waals surface area (Å²) in [6, 6.07) is 6.89. The first-order chi connectivity index (χ1) is 8.06. The van der Waals surface area contributed by atoms with Gasteiger partial charge in [0.05, 0.1) is 7.11 Å². The van der Waals surface area contributed by atoms with Crippen LogP contribution in [0.15, 0.2) is 24.3 Å². The molecule has 0 saturated heterocycles. The standard InChI is InChI=1S/C13H19F2NO/c1-4-9-16-13(2,12(14)15)10-7-5-6-8-11(10)17-3/h5-8,12,16H,4,9H2,1-3H3. The van der Waals surface area contributed by atoms with Crippen molar-refractivity contribution < 1.29 is 13.5 Å². The lowest BCUT2D eigenvalue weighted by Gasteiger charge is -2.31. The summed E-state index contributed by atoms with van der Waals surface area (Å²) in [5.41, 5.74) is -0.881. The highest BCUT2D eigenvalue weighted by Crippen LogP contribution is 2.34. The molecule has 1 unspecified atom stereocenters. The zero-order valence-corrected chi connectivity index (χ0v) is 10.5. The fourth-order valence-electron chi connectivity index (χ4n) is 1.75. The molecule has 0 bridgehead atoms. The highest BCUT2D eigenvalue weighted by atomic mass is 19.3. The van der Waals surface area contributed by atoms with E-state index in [9.17, 15) is 8.78 Å². The zero-order chi connectivity index (χ0) is 12.9. The van der Waals surface area contributed by atoms with Crippen LogP contribution >= 0.6 is 0 Å². The maximum Gasteiger partial charge on any atom is 0.260 e. The summed E-state index contributed by atoms with van der Waals surface area (Å²) in [5, 5.41) is 2.91. The van der Waals surface area contributed by atoms with Crippen molar-refractivity contribution >= 4 is 0 Å². The van der Waals surface area contributed by atoms with Gasteiger partial charge < -0.3 is 10.1 Å². The predicted molar refractivity (Wildman–Crippen MR) is 64.6 cm³/mol. The third-order valence-electron chi connectivity index (χ3n) is 2.85. The Morgan fingerprint density at radius 1 is 1.35 bits per heavy atom. The monoisotopic (exact) mass is 243 g/mol. The quantitative estimate of drug-likeness (QED) is 0.828. The topological polar surface area (TPSA) is 21.3 Å². The van der Waals surface area contributed by atoms with E-state index in [4.69, 9.17) is 4.74 Å². The van der Waals surface area contributed by atoms with Gasteiger partial charge in [-0.15, -0.1) is 0 Å². The lowest BCUT2D eigenvalue weighted by molar-refractivity contribution is 0.0371. The van der Waals surface area contributed by atoms with E-state index in [0.29, 0.717) is 17.9 Å². The number of rotatable bonds is 6. The largest absolute Gasteiger partial charge is 0.496 e. The molecule has 0 aliphatic heterocycles. The molecule has 1 rings (SSSR count). The number of hydrogen-bond donors (Lipinski definition) is 1. The Kier molecular flexibility index (Phi) is 4.87. The normalized spacial score (nSPS) is 14.7. The molecule has 2 nitrogen and oxygen atoms in total. The van der Waals surface area contributed by atoms with Gasteiger partial charge in [-0.2, -0.15) is 0 Å². The second kappa shape index (κ2) is 5.96. The lowest BCUT2D eigenvalue weighted by atomic mass is 9.91. The first kappa shape index (κ1) is 13.9. The van der Waals surface area contributed by atoms with E-state index < -0.39 is 12.0 Å². The fraction of sp³-hybridized carbons (Fsp3) is 0.538. The summed E-state index contributed by atoms with van der Waals surface area (Å²) in [5.74, 6) is 0.485. The minimum Gasteiger partial charge on any atom is -0.496 e. The van der Waals surface area contributed by atoms with Gasteiger partial charge in [0.25, 0.3) is 6.43 Å². The van der Waals surface area contributed by atoms with Crippen molar-refractivity contribution in [3.05, 3.63) is 29.8 Å². The Bertz CT molecular complexity index is 357. The SMILES string of the molecule is CCCNC(C)(c1ccccc1OC)C(F)F. The van der Waals surface area contributed by atoms with Crippen LogP contribution in [-0.4, -0.2) is 20.1 Å². The maximum atomic E-state index is 13.3. The molecular weight excluding hydrogens is 224 g/mol. The van der Waals surface area contributed by atoms with Gasteiger partial charge in [-0.25, -0.2) is 8.78 Å². The number of alkyl halides is 2. The summed E-state index contributed by atoms with van der Waals surface area (Å²) in [6.45, 7) is 3.99. The second-order valence-electron chi connectivity index (χ2n) is 4.13. The molecule has 1 aromatic carbocycles. The zero-order valence-electron chi connectivity index (χ0n) is 10.5. The Morgan fingerprint density at radius 3 is 2.53 bits per heavy atom. The van der Waals surface area contributed by atoms with Crippen LogP contribution in [-0.2, 0) is 5.54 Å². The molecule has 0 amide bonds. The number of hydrogen-bond acceptors (Lipinski definition) is 2. The molecule has 1 aromatic rings. The van der Waals surface area contributed by atoms with Gasteiger partial charge in [-0.05, 0) is 26.0 Å². The van der Waals surface area contributed by atoms with Gasteiger partial charge in [0.2, 0.25) is 0 Å². The van der Waals surface area contributed by atoms with Crippen LogP contribution in [0.1, 0.15) is 25.8 Å². The van der Waals surface area contributed by atoms with Crippen LogP contribution < -0.4 is 10.1 Å². The van der Waals surface area contributed by atoms with Crippen LogP contribution in [0.5, 0.6) is 5.75 Å². The molecule has 0 heterocycles. The van der Waals surface area contributed by atoms with Crippen molar-refractivity contribution in [2.45, 2.75) is 32.2 Å². The average molecular weight is 243 g/mol. The first-order valence-electron chi connectivity index (χ1n) is 5.73. The predicted octanol–water partition coefficient (Wildman–Crippen LogP) is 3.18. The molecule has 17 heavy (non-hydrogen) atoms. The van der Waals surface area contributed by atoms with E-state index in [1.807, 2.05) is 6.92 Å². The van der Waals surface area contributed by atoms with Crippen molar-refractivity contribution in [1.82, 2.24) is 5.32 Å². The van der Waals surface area contributed by atoms with Crippen LogP contribution in [0.3, 0.4) is 0 Å². The molecule has 0 spiro atoms. The Morgan fingerprint density at radius 2 is 2.00 bits per heavy atom. The number of benzene rings is 1. The number of nitrogens with one attached hydrogen (secondary N) is 1. The van der Waals surface area contributed by atoms with Crippen LogP contribution in [0.25, 0.3) is 0 Å². The van der Waals surface area contributed by atoms with Crippen molar-refractivity contribution in [2.24, 2.45) is 0 Å². The summed E-state index contributed by atoms with van der Waals surface area (Å²) < 4.78 is 31.7. The van der Waals surface area contributed by atoms with Gasteiger partial charge >= 0.3 is 0 Å². The van der Waals surface area contributed by atoms with Crippen LogP contribution in [0, 0.1) is 0 Å². The molecule has 0 aliphatic carbocycles. The van der Waals surface area contributed by atoms with E-state index in [0.717, 1.165) is 6.42 Å². The van der Waals surface area contributed by atoms with Crippen molar-refractivity contribution in [2.75, 3.05) is 13.7 Å². The molecule has 0 saturated carbocycles. The average Bonchev–Trinajstić information content (AvgIpc) is 2.35. The third kappa shape index (κ3) is 2.94. The molecule has 0 fully saturated rings. The van der Waals surface area contributed by atoms with Crippen LogP contribution in [0.4, 0.5) is 8.78 Å². The van der Waals surface area contributed by atoms with Crippen LogP contribution in [0.2, 0.25) is 0 Å². The van der Waals surface area contributed by atoms with Gasteiger partial charge in [0.1, 0.15) is 11.3 Å². The van der Waals surface area contributed by atoms with Gasteiger partial charge in [0.15, 0.2) is 0 Å². The van der Waals surface area contributed by atoms with Gasteiger partial charge in [-0.1, -0.05) is 25.1 Å². The molecule has 96 valence electrons. The number of halogens is 2. The molecule has 0 aromatic heterocycles. The highest BCUT2D eigenvalue weighted by molar-refractivity contribution is 5.39. The molecule has 0 aliphatic rings. The smallest absolute Gasteiger partial charge is 0.260 e. The highest BCUT2D eigenvalue weighted by Gasteiger charge is 2.38. The summed E-state index contributed by atoms with van der Waals surface area (Å²) in [6.07, 6.45) is -1.69. The number of methoxy groups -OCH3 is 1. The van der Waals surface area contributed by atoms with E-state index in [1.54, 1.807) is 24.3 Å². The minimum atomic E-state index is -2.50. The molecule has 0 radical (unpaired) electrons. The summed E-state index contributed by atoms with van der Waals surface area (Å²) in [7, 11) is 1.49.